The van der Waals surface area contributed by atoms with Crippen molar-refractivity contribution in [3.63, 3.8) is 0 Å². The lowest BCUT2D eigenvalue weighted by molar-refractivity contribution is -0.131. The topological polar surface area (TPSA) is 115 Å². The summed E-state index contributed by atoms with van der Waals surface area (Å²) < 4.78 is 23.4. The molecule has 1 saturated carbocycles. The van der Waals surface area contributed by atoms with Gasteiger partial charge in [0.2, 0.25) is 5.91 Å². The minimum absolute atomic E-state index is 0.0358. The van der Waals surface area contributed by atoms with Gasteiger partial charge < -0.3 is 24.0 Å². The average molecular weight is 718 g/mol. The van der Waals surface area contributed by atoms with E-state index in [-0.39, 0.29) is 11.8 Å². The number of nitrogens with zero attached hydrogens (tertiary/aromatic N) is 9. The SMILES string of the molecule is CCc1ncccc1-c1cc(C(=O)N2CCN(c3ncc(F)cc3OC)CC2)cc2cc(C3=CCCN(C(=O)CCn4ccnn4)C3)n(CC3CC3)c12. The monoisotopic (exact) mass is 717 g/mol. The smallest absolute Gasteiger partial charge is 0.254 e. The highest BCUT2D eigenvalue weighted by Crippen LogP contribution is 2.40. The Balaban J connectivity index is 1.13. The first-order valence-electron chi connectivity index (χ1n) is 18.6. The average Bonchev–Trinajstić information content (AvgIpc) is 3.72. The number of halogens is 1. The number of benzene rings is 1. The molecule has 274 valence electrons. The van der Waals surface area contributed by atoms with Gasteiger partial charge in [0.1, 0.15) is 5.82 Å². The standard InChI is InChI=1S/C40H44FN9O3/c1-3-34-32(7-4-11-42-34)33-21-30(40(52)47-18-16-46(17-19-47)39-36(53-2)23-31(41)24-43-39)20-29-22-35(50(38(29)33)25-27-8-9-27)28-6-5-13-48(26-28)37(51)10-14-49-15-12-44-45-49/h4,6-7,11-12,15,20-24,27H,3,5,8-10,13-14,16-19,25-26H2,1-2H3. The number of fused-ring (bicyclic) bond motifs is 1. The molecule has 0 atom stereocenters. The summed E-state index contributed by atoms with van der Waals surface area (Å²) in [7, 11) is 1.51. The Bertz CT molecular complexity index is 2170. The third-order valence-electron chi connectivity index (χ3n) is 10.6. The summed E-state index contributed by atoms with van der Waals surface area (Å²) in [4.78, 5) is 42.7. The van der Waals surface area contributed by atoms with Gasteiger partial charge in [-0.1, -0.05) is 24.3 Å². The summed E-state index contributed by atoms with van der Waals surface area (Å²) in [6.45, 7) is 6.76. The zero-order chi connectivity index (χ0) is 36.5. The van der Waals surface area contributed by atoms with Crippen molar-refractivity contribution in [3.8, 4) is 16.9 Å². The Labute approximate surface area is 307 Å². The van der Waals surface area contributed by atoms with Gasteiger partial charge in [-0.25, -0.2) is 9.37 Å². The number of pyridine rings is 2. The Morgan fingerprint density at radius 1 is 0.981 bits per heavy atom. The molecule has 53 heavy (non-hydrogen) atoms. The molecule has 1 saturated heterocycles. The lowest BCUT2D eigenvalue weighted by atomic mass is 9.97. The van der Waals surface area contributed by atoms with Crippen molar-refractivity contribution in [3.05, 3.63) is 90.0 Å². The second kappa shape index (κ2) is 14.8. The lowest BCUT2D eigenvalue weighted by Crippen LogP contribution is -2.49. The van der Waals surface area contributed by atoms with Crippen LogP contribution in [0.2, 0.25) is 0 Å². The number of methoxy groups -OCH3 is 1. The maximum Gasteiger partial charge on any atom is 0.254 e. The summed E-state index contributed by atoms with van der Waals surface area (Å²) in [5.41, 5.74) is 6.96. The number of amides is 2. The summed E-state index contributed by atoms with van der Waals surface area (Å²) >= 11 is 0. The first kappa shape index (κ1) is 34.5. The van der Waals surface area contributed by atoms with Gasteiger partial charge in [0.15, 0.2) is 11.6 Å². The number of aromatic nitrogens is 6. The van der Waals surface area contributed by atoms with Crippen LogP contribution in [-0.4, -0.2) is 97.5 Å². The lowest BCUT2D eigenvalue weighted by Gasteiger charge is -2.36. The summed E-state index contributed by atoms with van der Waals surface area (Å²) in [6, 6.07) is 11.7. The molecule has 0 unspecified atom stereocenters. The Kier molecular flexibility index (Phi) is 9.63. The van der Waals surface area contributed by atoms with Crippen LogP contribution in [0, 0.1) is 11.7 Å². The van der Waals surface area contributed by atoms with E-state index in [1.54, 1.807) is 17.1 Å². The van der Waals surface area contributed by atoms with Crippen LogP contribution >= 0.6 is 0 Å². The number of carbonyl (C=O) groups is 2. The number of anilines is 1. The van der Waals surface area contributed by atoms with E-state index in [0.29, 0.717) is 75.3 Å². The molecule has 12 nitrogen and oxygen atoms in total. The van der Waals surface area contributed by atoms with Crippen molar-refractivity contribution < 1.29 is 18.7 Å². The van der Waals surface area contributed by atoms with E-state index in [0.717, 1.165) is 58.4 Å². The molecule has 5 aromatic rings. The van der Waals surface area contributed by atoms with Crippen LogP contribution in [0.15, 0.2) is 67.3 Å². The van der Waals surface area contributed by atoms with Crippen LogP contribution in [0.25, 0.3) is 27.6 Å². The van der Waals surface area contributed by atoms with E-state index in [4.69, 9.17) is 9.72 Å². The molecule has 1 aliphatic carbocycles. The number of piperazine rings is 1. The van der Waals surface area contributed by atoms with Gasteiger partial charge in [-0.2, -0.15) is 0 Å². The van der Waals surface area contributed by atoms with Crippen molar-refractivity contribution in [2.24, 2.45) is 5.92 Å². The van der Waals surface area contributed by atoms with Crippen molar-refractivity contribution in [1.82, 2.24) is 39.3 Å². The second-order valence-corrected chi connectivity index (χ2v) is 14.1. The molecule has 0 spiro atoms. The zero-order valence-electron chi connectivity index (χ0n) is 30.2. The molecule has 0 radical (unpaired) electrons. The third kappa shape index (κ3) is 7.12. The predicted octanol–water partition coefficient (Wildman–Crippen LogP) is 5.48. The fraction of sp³-hybridized carbons (Fsp3) is 0.400. The number of hydrogen-bond acceptors (Lipinski definition) is 8. The Morgan fingerprint density at radius 2 is 1.83 bits per heavy atom. The molecule has 2 amide bonds. The molecule has 3 aliphatic rings. The van der Waals surface area contributed by atoms with E-state index in [1.807, 2.05) is 33.0 Å². The van der Waals surface area contributed by atoms with Gasteiger partial charge in [-0.3, -0.25) is 19.3 Å². The maximum atomic E-state index is 14.4. The number of carbonyl (C=O) groups excluding carboxylic acids is 2. The number of hydrogen-bond donors (Lipinski definition) is 0. The van der Waals surface area contributed by atoms with E-state index >= 15 is 0 Å². The van der Waals surface area contributed by atoms with Gasteiger partial charge in [-0.15, -0.1) is 5.10 Å². The van der Waals surface area contributed by atoms with Crippen molar-refractivity contribution in [2.75, 3.05) is 51.3 Å². The van der Waals surface area contributed by atoms with Crippen molar-refractivity contribution >= 4 is 34.1 Å². The van der Waals surface area contributed by atoms with E-state index in [2.05, 4.69) is 51.1 Å². The first-order valence-corrected chi connectivity index (χ1v) is 18.6. The fourth-order valence-corrected chi connectivity index (χ4v) is 7.69. The van der Waals surface area contributed by atoms with Crippen molar-refractivity contribution in [2.45, 2.75) is 52.1 Å². The Hall–Kier alpha value is -5.59. The molecule has 4 aromatic heterocycles. The van der Waals surface area contributed by atoms with Gasteiger partial charge >= 0.3 is 0 Å². The van der Waals surface area contributed by atoms with E-state index in [1.165, 1.54) is 32.2 Å². The van der Waals surface area contributed by atoms with Crippen LogP contribution in [0.3, 0.4) is 0 Å². The number of rotatable bonds is 11. The molecular weight excluding hydrogens is 673 g/mol. The van der Waals surface area contributed by atoms with Gasteiger partial charge in [-0.05, 0) is 61.4 Å². The minimum Gasteiger partial charge on any atom is -0.493 e. The molecule has 0 bridgehead atoms. The molecule has 13 heteroatoms. The largest absolute Gasteiger partial charge is 0.493 e. The van der Waals surface area contributed by atoms with E-state index in [9.17, 15) is 14.0 Å². The predicted molar refractivity (Wildman–Crippen MR) is 200 cm³/mol. The summed E-state index contributed by atoms with van der Waals surface area (Å²) in [5.74, 6) is 1.15. The van der Waals surface area contributed by atoms with Gasteiger partial charge in [0.25, 0.3) is 5.91 Å². The van der Waals surface area contributed by atoms with Crippen LogP contribution in [-0.2, 0) is 24.3 Å². The summed E-state index contributed by atoms with van der Waals surface area (Å²) in [5, 5.41) is 8.87. The number of ether oxygens (including phenoxy) is 1. The summed E-state index contributed by atoms with van der Waals surface area (Å²) in [6.07, 6.45) is 13.0. The number of aryl methyl sites for hydroxylation is 2. The zero-order valence-corrected chi connectivity index (χ0v) is 30.2. The molecule has 2 fully saturated rings. The highest BCUT2D eigenvalue weighted by Gasteiger charge is 2.30. The van der Waals surface area contributed by atoms with Crippen LogP contribution in [0.5, 0.6) is 5.75 Å². The minimum atomic E-state index is -0.454. The van der Waals surface area contributed by atoms with Crippen molar-refractivity contribution in [1.29, 1.82) is 0 Å². The molecule has 2 aliphatic heterocycles. The van der Waals surface area contributed by atoms with Crippen LogP contribution in [0.1, 0.15) is 54.4 Å². The normalized spacial score (nSPS) is 16.3. The molecular formula is C40H44FN9O3. The highest BCUT2D eigenvalue weighted by atomic mass is 19.1. The maximum absolute atomic E-state index is 14.4. The van der Waals surface area contributed by atoms with Crippen LogP contribution < -0.4 is 9.64 Å². The quantitative estimate of drug-likeness (QED) is 0.177. The first-order chi connectivity index (χ1) is 25.9. The van der Waals surface area contributed by atoms with Gasteiger partial charge in [0.05, 0.1) is 31.6 Å². The fourth-order valence-electron chi connectivity index (χ4n) is 7.69. The Morgan fingerprint density at radius 3 is 2.58 bits per heavy atom. The third-order valence-corrected chi connectivity index (χ3v) is 10.6. The molecule has 1 aromatic carbocycles. The highest BCUT2D eigenvalue weighted by molar-refractivity contribution is 6.05. The molecule has 0 N–H and O–H groups in total. The second-order valence-electron chi connectivity index (χ2n) is 14.1. The van der Waals surface area contributed by atoms with E-state index < -0.39 is 5.82 Å². The van der Waals surface area contributed by atoms with Crippen LogP contribution in [0.4, 0.5) is 10.2 Å². The van der Waals surface area contributed by atoms with Gasteiger partial charge in [0, 0.05) is 104 Å². The molecule has 6 heterocycles. The molecule has 8 rings (SSSR count).